The standard InChI is InChI=1S/C18H15N3OS/c1-11-19-15-7-6-13(10-16(15)23-11)20-18(22)14-5-3-4-12-8-9-21(2)17(12)14/h3-10H,1-2H3,(H,20,22). The van der Waals surface area contributed by atoms with Gasteiger partial charge in [0, 0.05) is 24.3 Å². The van der Waals surface area contributed by atoms with Crippen LogP contribution < -0.4 is 5.32 Å². The van der Waals surface area contributed by atoms with Crippen LogP contribution in [0.15, 0.2) is 48.7 Å². The highest BCUT2D eigenvalue weighted by Gasteiger charge is 2.13. The number of nitrogens with zero attached hydrogens (tertiary/aromatic N) is 2. The van der Waals surface area contributed by atoms with Gasteiger partial charge in [-0.2, -0.15) is 0 Å². The first-order chi connectivity index (χ1) is 11.1. The number of hydrogen-bond acceptors (Lipinski definition) is 3. The Balaban J connectivity index is 1.71. The number of fused-ring (bicyclic) bond motifs is 2. The van der Waals surface area contributed by atoms with E-state index in [1.54, 1.807) is 11.3 Å². The lowest BCUT2D eigenvalue weighted by atomic mass is 10.1. The maximum atomic E-state index is 12.7. The van der Waals surface area contributed by atoms with Gasteiger partial charge in [0.2, 0.25) is 0 Å². The van der Waals surface area contributed by atoms with Crippen LogP contribution in [0.5, 0.6) is 0 Å². The zero-order valence-corrected chi connectivity index (χ0v) is 13.6. The number of carbonyl (C=O) groups excluding carboxylic acids is 1. The predicted molar refractivity (Wildman–Crippen MR) is 95.2 cm³/mol. The van der Waals surface area contributed by atoms with E-state index in [4.69, 9.17) is 0 Å². The van der Waals surface area contributed by atoms with Crippen LogP contribution in [0.2, 0.25) is 0 Å². The van der Waals surface area contributed by atoms with Crippen LogP contribution in [0.25, 0.3) is 21.1 Å². The molecule has 114 valence electrons. The Morgan fingerprint density at radius 1 is 1.22 bits per heavy atom. The van der Waals surface area contributed by atoms with E-state index in [-0.39, 0.29) is 5.91 Å². The largest absolute Gasteiger partial charge is 0.350 e. The van der Waals surface area contributed by atoms with Crippen LogP contribution in [-0.2, 0) is 7.05 Å². The number of aromatic nitrogens is 2. The molecule has 0 radical (unpaired) electrons. The number of amides is 1. The van der Waals surface area contributed by atoms with Crippen LogP contribution in [0, 0.1) is 6.92 Å². The summed E-state index contributed by atoms with van der Waals surface area (Å²) >= 11 is 1.63. The van der Waals surface area contributed by atoms with Crippen LogP contribution in [0.3, 0.4) is 0 Å². The van der Waals surface area contributed by atoms with Gasteiger partial charge in [-0.3, -0.25) is 4.79 Å². The molecule has 0 saturated heterocycles. The fourth-order valence-corrected chi connectivity index (χ4v) is 3.72. The van der Waals surface area contributed by atoms with Gasteiger partial charge >= 0.3 is 0 Å². The van der Waals surface area contributed by atoms with Crippen molar-refractivity contribution in [2.24, 2.45) is 7.05 Å². The maximum Gasteiger partial charge on any atom is 0.257 e. The number of aryl methyl sites for hydroxylation is 2. The van der Waals surface area contributed by atoms with Gasteiger partial charge in [0.05, 0.1) is 26.3 Å². The van der Waals surface area contributed by atoms with Crippen molar-refractivity contribution in [3.8, 4) is 0 Å². The second-order valence-corrected chi connectivity index (χ2v) is 6.77. The zero-order valence-electron chi connectivity index (χ0n) is 12.8. The summed E-state index contributed by atoms with van der Waals surface area (Å²) in [5.41, 5.74) is 3.38. The second kappa shape index (κ2) is 5.21. The minimum absolute atomic E-state index is 0.0991. The minimum Gasteiger partial charge on any atom is -0.350 e. The molecular weight excluding hydrogens is 306 g/mol. The van der Waals surface area contributed by atoms with Crippen LogP contribution in [-0.4, -0.2) is 15.5 Å². The van der Waals surface area contributed by atoms with Gasteiger partial charge in [-0.05, 0) is 37.3 Å². The van der Waals surface area contributed by atoms with Gasteiger partial charge < -0.3 is 9.88 Å². The molecule has 2 aromatic carbocycles. The molecule has 0 aliphatic rings. The molecular formula is C18H15N3OS. The number of thiazole rings is 1. The second-order valence-electron chi connectivity index (χ2n) is 5.54. The SMILES string of the molecule is Cc1nc2ccc(NC(=O)c3cccc4ccn(C)c34)cc2s1. The first kappa shape index (κ1) is 14.0. The van der Waals surface area contributed by atoms with Crippen molar-refractivity contribution in [3.05, 3.63) is 59.2 Å². The summed E-state index contributed by atoms with van der Waals surface area (Å²) < 4.78 is 3.05. The lowest BCUT2D eigenvalue weighted by Crippen LogP contribution is -2.13. The third-order valence-electron chi connectivity index (χ3n) is 3.90. The van der Waals surface area contributed by atoms with Crippen molar-refractivity contribution in [3.63, 3.8) is 0 Å². The summed E-state index contributed by atoms with van der Waals surface area (Å²) in [5.74, 6) is -0.0991. The number of anilines is 1. The maximum absolute atomic E-state index is 12.7. The minimum atomic E-state index is -0.0991. The summed E-state index contributed by atoms with van der Waals surface area (Å²) in [6.45, 7) is 1.99. The van der Waals surface area contributed by atoms with E-state index in [0.29, 0.717) is 5.56 Å². The Morgan fingerprint density at radius 3 is 2.96 bits per heavy atom. The summed E-state index contributed by atoms with van der Waals surface area (Å²) in [5, 5.41) is 5.08. The lowest BCUT2D eigenvalue weighted by Gasteiger charge is -2.08. The molecule has 4 nitrogen and oxygen atoms in total. The van der Waals surface area contributed by atoms with Gasteiger partial charge in [0.15, 0.2) is 0 Å². The summed E-state index contributed by atoms with van der Waals surface area (Å²) in [6, 6.07) is 13.6. The summed E-state index contributed by atoms with van der Waals surface area (Å²) in [7, 11) is 1.95. The molecule has 0 spiro atoms. The highest BCUT2D eigenvalue weighted by Crippen LogP contribution is 2.26. The number of hydrogen-bond donors (Lipinski definition) is 1. The van der Waals surface area contributed by atoms with Gasteiger partial charge in [-0.1, -0.05) is 12.1 Å². The van der Waals surface area contributed by atoms with Crippen molar-refractivity contribution in [1.82, 2.24) is 9.55 Å². The molecule has 2 heterocycles. The third-order valence-corrected chi connectivity index (χ3v) is 4.83. The van der Waals surface area contributed by atoms with Gasteiger partial charge in [0.25, 0.3) is 5.91 Å². The van der Waals surface area contributed by atoms with Gasteiger partial charge in [-0.25, -0.2) is 4.98 Å². The van der Waals surface area contributed by atoms with E-state index < -0.39 is 0 Å². The monoisotopic (exact) mass is 321 g/mol. The van der Waals surface area contributed by atoms with Crippen molar-refractivity contribution in [2.75, 3.05) is 5.32 Å². The van der Waals surface area contributed by atoms with Crippen molar-refractivity contribution in [2.45, 2.75) is 6.92 Å². The van der Waals surface area contributed by atoms with E-state index >= 15 is 0 Å². The molecule has 0 saturated carbocycles. The molecule has 2 aromatic heterocycles. The Kier molecular flexibility index (Phi) is 3.16. The molecule has 4 aromatic rings. The van der Waals surface area contributed by atoms with E-state index in [1.807, 2.05) is 67.2 Å². The highest BCUT2D eigenvalue weighted by molar-refractivity contribution is 7.18. The summed E-state index contributed by atoms with van der Waals surface area (Å²) in [4.78, 5) is 17.1. The topological polar surface area (TPSA) is 46.9 Å². The van der Waals surface area contributed by atoms with Crippen LogP contribution in [0.4, 0.5) is 5.69 Å². The predicted octanol–water partition coefficient (Wildman–Crippen LogP) is 4.35. The Morgan fingerprint density at radius 2 is 2.09 bits per heavy atom. The molecule has 0 unspecified atom stereocenters. The molecule has 1 amide bonds. The first-order valence-corrected chi connectivity index (χ1v) is 8.16. The highest BCUT2D eigenvalue weighted by atomic mass is 32.1. The first-order valence-electron chi connectivity index (χ1n) is 7.34. The van der Waals surface area contributed by atoms with Crippen molar-refractivity contribution < 1.29 is 4.79 Å². The molecule has 23 heavy (non-hydrogen) atoms. The van der Waals surface area contributed by atoms with Gasteiger partial charge in [0.1, 0.15) is 0 Å². The number of carbonyl (C=O) groups is 1. The number of nitrogens with one attached hydrogen (secondary N) is 1. The van der Waals surface area contributed by atoms with Crippen molar-refractivity contribution >= 4 is 44.1 Å². The summed E-state index contributed by atoms with van der Waals surface area (Å²) in [6.07, 6.45) is 1.97. The average Bonchev–Trinajstić information content (AvgIpc) is 3.09. The molecule has 0 fully saturated rings. The average molecular weight is 321 g/mol. The van der Waals surface area contributed by atoms with E-state index in [9.17, 15) is 4.79 Å². The third kappa shape index (κ3) is 2.39. The smallest absolute Gasteiger partial charge is 0.257 e. The van der Waals surface area contributed by atoms with E-state index in [1.165, 1.54) is 0 Å². The number of benzene rings is 2. The van der Waals surface area contributed by atoms with E-state index in [0.717, 1.165) is 31.8 Å². The Bertz CT molecular complexity index is 1040. The molecule has 0 aliphatic carbocycles. The van der Waals surface area contributed by atoms with Crippen LogP contribution >= 0.6 is 11.3 Å². The fourth-order valence-electron chi connectivity index (χ4n) is 2.86. The number of para-hydroxylation sites is 1. The lowest BCUT2D eigenvalue weighted by molar-refractivity contribution is 0.102. The quantitative estimate of drug-likeness (QED) is 0.596. The Hall–Kier alpha value is -2.66. The van der Waals surface area contributed by atoms with Crippen LogP contribution in [0.1, 0.15) is 15.4 Å². The molecule has 0 atom stereocenters. The fraction of sp³-hybridized carbons (Fsp3) is 0.111. The number of rotatable bonds is 2. The molecule has 0 bridgehead atoms. The Labute approximate surface area is 137 Å². The zero-order chi connectivity index (χ0) is 16.0. The van der Waals surface area contributed by atoms with Gasteiger partial charge in [-0.15, -0.1) is 11.3 Å². The molecule has 5 heteroatoms. The normalized spacial score (nSPS) is 11.2. The molecule has 4 rings (SSSR count). The van der Waals surface area contributed by atoms with Crippen molar-refractivity contribution in [1.29, 1.82) is 0 Å². The van der Waals surface area contributed by atoms with E-state index in [2.05, 4.69) is 10.3 Å². The molecule has 1 N–H and O–H groups in total. The molecule has 0 aliphatic heterocycles.